The van der Waals surface area contributed by atoms with Gasteiger partial charge in [-0.1, -0.05) is 27.0 Å². The Hall–Kier alpha value is -1.60. The maximum Gasteiger partial charge on any atom is 0.247 e. The van der Waals surface area contributed by atoms with Crippen molar-refractivity contribution in [2.75, 3.05) is 11.9 Å². The van der Waals surface area contributed by atoms with E-state index in [4.69, 9.17) is 0 Å². The van der Waals surface area contributed by atoms with Crippen LogP contribution in [0, 0.1) is 0 Å². The van der Waals surface area contributed by atoms with Gasteiger partial charge in [0.2, 0.25) is 5.95 Å². The number of hydrazine groups is 1. The monoisotopic (exact) mass is 312 g/mol. The number of hydrogen-bond acceptors (Lipinski definition) is 5. The minimum Gasteiger partial charge on any atom is -0.327 e. The highest BCUT2D eigenvalue weighted by atomic mass is 79.9. The van der Waals surface area contributed by atoms with Gasteiger partial charge >= 0.3 is 0 Å². The maximum atomic E-state index is 4.27. The molecule has 0 fully saturated rings. The van der Waals surface area contributed by atoms with Gasteiger partial charge in [-0.2, -0.15) is 4.98 Å². The molecule has 0 saturated heterocycles. The topological polar surface area (TPSA) is 66.8 Å². The molecular weight excluding hydrogens is 296 g/mol. The van der Waals surface area contributed by atoms with Crippen LogP contribution in [0.15, 0.2) is 25.1 Å². The SMILES string of the molecule is C=Cn1nc(NC2=CNNC2)nc1C(=C)Br.CC. The standard InChI is InChI=1S/C9H11BrN6.C2H6/c1-3-16-8(6(2)10)14-9(15-16)13-7-4-11-12-5-7;1-2/h3-4,11-12H,1-2,5H2,(H,13,15);1-2H3. The van der Waals surface area contributed by atoms with Crippen molar-refractivity contribution in [3.05, 3.63) is 30.9 Å². The molecule has 18 heavy (non-hydrogen) atoms. The van der Waals surface area contributed by atoms with E-state index in [-0.39, 0.29) is 0 Å². The molecule has 0 aromatic carbocycles. The maximum absolute atomic E-state index is 4.27. The molecule has 0 aliphatic carbocycles. The molecule has 1 aromatic rings. The molecule has 0 spiro atoms. The number of nitrogens with one attached hydrogen (secondary N) is 3. The molecule has 2 heterocycles. The average molecular weight is 313 g/mol. The van der Waals surface area contributed by atoms with Crippen molar-refractivity contribution >= 4 is 32.6 Å². The molecule has 98 valence electrons. The lowest BCUT2D eigenvalue weighted by molar-refractivity contribution is 0.722. The minimum absolute atomic E-state index is 0.507. The predicted octanol–water partition coefficient (Wildman–Crippen LogP) is 2.13. The molecule has 2 rings (SSSR count). The normalized spacial score (nSPS) is 12.9. The van der Waals surface area contributed by atoms with Gasteiger partial charge in [0.05, 0.1) is 16.7 Å². The Morgan fingerprint density at radius 1 is 1.61 bits per heavy atom. The molecule has 1 aliphatic rings. The van der Waals surface area contributed by atoms with Crippen molar-refractivity contribution < 1.29 is 0 Å². The number of anilines is 1. The largest absolute Gasteiger partial charge is 0.327 e. The highest BCUT2D eigenvalue weighted by Gasteiger charge is 2.11. The third kappa shape index (κ3) is 3.44. The fourth-order valence-electron chi connectivity index (χ4n) is 1.25. The zero-order valence-electron chi connectivity index (χ0n) is 10.5. The van der Waals surface area contributed by atoms with Crippen molar-refractivity contribution in [1.82, 2.24) is 25.6 Å². The van der Waals surface area contributed by atoms with E-state index in [1.165, 1.54) is 0 Å². The molecule has 7 heteroatoms. The van der Waals surface area contributed by atoms with E-state index >= 15 is 0 Å². The molecular formula is C11H17BrN6. The van der Waals surface area contributed by atoms with Crippen LogP contribution < -0.4 is 16.2 Å². The third-order valence-electron chi connectivity index (χ3n) is 1.95. The van der Waals surface area contributed by atoms with E-state index < -0.39 is 0 Å². The van der Waals surface area contributed by atoms with Gasteiger partial charge in [-0.25, -0.2) is 10.1 Å². The lowest BCUT2D eigenvalue weighted by Gasteiger charge is -1.98. The zero-order chi connectivity index (χ0) is 13.5. The summed E-state index contributed by atoms with van der Waals surface area (Å²) < 4.78 is 2.21. The Balaban J connectivity index is 0.000000771. The number of halogens is 1. The molecule has 1 aliphatic heterocycles. The Bertz CT molecular complexity index is 462. The van der Waals surface area contributed by atoms with E-state index in [1.807, 2.05) is 20.0 Å². The second-order valence-electron chi connectivity index (χ2n) is 3.08. The number of nitrogens with zero attached hydrogens (tertiary/aromatic N) is 3. The Morgan fingerprint density at radius 2 is 2.33 bits per heavy atom. The highest BCUT2D eigenvalue weighted by molar-refractivity contribution is 9.15. The summed E-state index contributed by atoms with van der Waals surface area (Å²) >= 11 is 3.27. The smallest absolute Gasteiger partial charge is 0.247 e. The first-order chi connectivity index (χ1) is 8.70. The number of rotatable bonds is 4. The van der Waals surface area contributed by atoms with Crippen LogP contribution in [0.1, 0.15) is 19.7 Å². The third-order valence-corrected chi connectivity index (χ3v) is 2.30. The van der Waals surface area contributed by atoms with Crippen molar-refractivity contribution in [1.29, 1.82) is 0 Å². The van der Waals surface area contributed by atoms with Gasteiger partial charge in [0.25, 0.3) is 0 Å². The van der Waals surface area contributed by atoms with Crippen LogP contribution in [-0.2, 0) is 0 Å². The fourth-order valence-corrected chi connectivity index (χ4v) is 1.52. The molecule has 0 bridgehead atoms. The van der Waals surface area contributed by atoms with Crippen molar-refractivity contribution in [3.63, 3.8) is 0 Å². The summed E-state index contributed by atoms with van der Waals surface area (Å²) in [6.45, 7) is 12.1. The first-order valence-electron chi connectivity index (χ1n) is 5.59. The van der Waals surface area contributed by atoms with Gasteiger partial charge in [-0.3, -0.25) is 0 Å². The van der Waals surface area contributed by atoms with E-state index in [0.717, 1.165) is 5.70 Å². The minimum atomic E-state index is 0.507. The lowest BCUT2D eigenvalue weighted by atomic mass is 10.5. The van der Waals surface area contributed by atoms with Crippen LogP contribution in [0.4, 0.5) is 5.95 Å². The van der Waals surface area contributed by atoms with Crippen LogP contribution >= 0.6 is 15.9 Å². The van der Waals surface area contributed by atoms with E-state index in [2.05, 4.69) is 55.3 Å². The summed E-state index contributed by atoms with van der Waals surface area (Å²) in [7, 11) is 0. The second-order valence-corrected chi connectivity index (χ2v) is 4.04. The molecule has 0 radical (unpaired) electrons. The molecule has 0 unspecified atom stereocenters. The van der Waals surface area contributed by atoms with Crippen LogP contribution in [0.3, 0.4) is 0 Å². The Morgan fingerprint density at radius 3 is 2.78 bits per heavy atom. The van der Waals surface area contributed by atoms with E-state index in [9.17, 15) is 0 Å². The van der Waals surface area contributed by atoms with Crippen LogP contribution in [-0.4, -0.2) is 21.3 Å². The van der Waals surface area contributed by atoms with Gasteiger partial charge in [0.15, 0.2) is 5.82 Å². The quantitative estimate of drug-likeness (QED) is 0.795. The zero-order valence-corrected chi connectivity index (χ0v) is 12.1. The van der Waals surface area contributed by atoms with Crippen molar-refractivity contribution in [2.45, 2.75) is 13.8 Å². The molecule has 0 saturated carbocycles. The van der Waals surface area contributed by atoms with Crippen molar-refractivity contribution in [3.8, 4) is 0 Å². The summed E-state index contributed by atoms with van der Waals surface area (Å²) in [4.78, 5) is 4.27. The lowest BCUT2D eigenvalue weighted by Crippen LogP contribution is -2.21. The van der Waals surface area contributed by atoms with Gasteiger partial charge in [0, 0.05) is 12.4 Å². The highest BCUT2D eigenvalue weighted by Crippen LogP contribution is 2.18. The number of aromatic nitrogens is 3. The summed E-state index contributed by atoms with van der Waals surface area (Å²) in [5, 5.41) is 7.28. The molecule has 0 atom stereocenters. The van der Waals surface area contributed by atoms with Gasteiger partial charge in [0.1, 0.15) is 0 Å². The van der Waals surface area contributed by atoms with Crippen LogP contribution in [0.2, 0.25) is 0 Å². The Kier molecular flexibility index (Phi) is 5.60. The first kappa shape index (κ1) is 14.5. The second kappa shape index (κ2) is 6.97. The predicted molar refractivity (Wildman–Crippen MR) is 78.6 cm³/mol. The molecule has 6 nitrogen and oxygen atoms in total. The van der Waals surface area contributed by atoms with E-state index in [0.29, 0.717) is 22.8 Å². The van der Waals surface area contributed by atoms with Gasteiger partial charge in [-0.05, 0) is 15.9 Å². The van der Waals surface area contributed by atoms with Crippen molar-refractivity contribution in [2.24, 2.45) is 0 Å². The van der Waals surface area contributed by atoms with E-state index in [1.54, 1.807) is 10.9 Å². The summed E-state index contributed by atoms with van der Waals surface area (Å²) in [5.41, 5.74) is 6.77. The number of hydrogen-bond donors (Lipinski definition) is 3. The summed E-state index contributed by atoms with van der Waals surface area (Å²) in [5.74, 6) is 1.13. The Labute approximate surface area is 115 Å². The van der Waals surface area contributed by atoms with Crippen LogP contribution in [0.5, 0.6) is 0 Å². The van der Waals surface area contributed by atoms with Gasteiger partial charge in [-0.15, -0.1) is 5.10 Å². The fraction of sp³-hybridized carbons (Fsp3) is 0.273. The molecule has 0 amide bonds. The molecule has 3 N–H and O–H groups in total. The average Bonchev–Trinajstić information content (AvgIpc) is 3.01. The van der Waals surface area contributed by atoms with Crippen LogP contribution in [0.25, 0.3) is 10.7 Å². The first-order valence-corrected chi connectivity index (χ1v) is 6.38. The summed E-state index contributed by atoms with van der Waals surface area (Å²) in [6, 6.07) is 0. The summed E-state index contributed by atoms with van der Waals surface area (Å²) in [6.07, 6.45) is 3.39. The van der Waals surface area contributed by atoms with Gasteiger partial charge < -0.3 is 10.7 Å². The molecule has 1 aromatic heterocycles.